The molecule has 0 fully saturated rings. The molecule has 1 aromatic carbocycles. The van der Waals surface area contributed by atoms with E-state index in [0.717, 1.165) is 12.1 Å². The first kappa shape index (κ1) is 13.7. The van der Waals surface area contributed by atoms with Gasteiger partial charge in [-0.2, -0.15) is 0 Å². The number of halogens is 2. The number of rotatable bonds is 6. The van der Waals surface area contributed by atoms with E-state index in [1.165, 1.54) is 14.0 Å². The van der Waals surface area contributed by atoms with Crippen LogP contribution >= 0.6 is 0 Å². The summed E-state index contributed by atoms with van der Waals surface area (Å²) in [6.07, 6.45) is -0.787. The number of carbonyl (C=O) groups excluding carboxylic acids is 1. The smallest absolute Gasteiger partial charge is 0.194 e. The third kappa shape index (κ3) is 3.87. The molecule has 1 aromatic rings. The van der Waals surface area contributed by atoms with Gasteiger partial charge in [0.2, 0.25) is 0 Å². The summed E-state index contributed by atoms with van der Waals surface area (Å²) >= 11 is 0. The molecule has 94 valence electrons. The van der Waals surface area contributed by atoms with Crippen LogP contribution in [0, 0.1) is 11.6 Å². The van der Waals surface area contributed by atoms with E-state index in [1.54, 1.807) is 0 Å². The van der Waals surface area contributed by atoms with Crippen LogP contribution in [0.4, 0.5) is 8.78 Å². The predicted molar refractivity (Wildman–Crippen MR) is 58.0 cm³/mol. The van der Waals surface area contributed by atoms with Crippen molar-refractivity contribution in [2.75, 3.05) is 20.3 Å². The molecule has 0 saturated heterocycles. The van der Waals surface area contributed by atoms with Crippen LogP contribution in [-0.2, 0) is 9.47 Å². The highest BCUT2D eigenvalue weighted by Crippen LogP contribution is 2.13. The van der Waals surface area contributed by atoms with E-state index in [-0.39, 0.29) is 12.2 Å². The zero-order valence-electron chi connectivity index (χ0n) is 9.70. The van der Waals surface area contributed by atoms with Crippen LogP contribution in [0.25, 0.3) is 0 Å². The first-order chi connectivity index (χ1) is 8.06. The first-order valence-corrected chi connectivity index (χ1v) is 5.16. The Labute approximate surface area is 98.3 Å². The van der Waals surface area contributed by atoms with Gasteiger partial charge in [0.05, 0.1) is 18.8 Å². The molecule has 0 aliphatic heterocycles. The molecule has 0 N–H and O–H groups in total. The second kappa shape index (κ2) is 6.42. The maximum Gasteiger partial charge on any atom is 0.194 e. The van der Waals surface area contributed by atoms with Crippen molar-refractivity contribution in [2.45, 2.75) is 13.0 Å². The molecule has 0 radical (unpaired) electrons. The summed E-state index contributed by atoms with van der Waals surface area (Å²) in [5, 5.41) is 0. The van der Waals surface area contributed by atoms with Crippen molar-refractivity contribution in [1.82, 2.24) is 0 Å². The topological polar surface area (TPSA) is 35.5 Å². The third-order valence-corrected chi connectivity index (χ3v) is 2.22. The minimum Gasteiger partial charge on any atom is -0.382 e. The molecule has 0 saturated carbocycles. The van der Waals surface area contributed by atoms with E-state index >= 15 is 0 Å². The maximum atomic E-state index is 13.3. The second-order valence-electron chi connectivity index (χ2n) is 3.49. The van der Waals surface area contributed by atoms with Crippen LogP contribution in [-0.4, -0.2) is 32.2 Å². The fourth-order valence-electron chi connectivity index (χ4n) is 1.29. The molecule has 5 heteroatoms. The van der Waals surface area contributed by atoms with Crippen molar-refractivity contribution in [3.63, 3.8) is 0 Å². The molecule has 0 aliphatic rings. The number of ether oxygens (including phenoxy) is 2. The van der Waals surface area contributed by atoms with E-state index in [0.29, 0.717) is 12.7 Å². The molecule has 1 rings (SSSR count). The molecule has 0 bridgehead atoms. The van der Waals surface area contributed by atoms with Gasteiger partial charge in [0.25, 0.3) is 0 Å². The highest BCUT2D eigenvalue weighted by Gasteiger charge is 2.19. The summed E-state index contributed by atoms with van der Waals surface area (Å²) in [5.74, 6) is -2.11. The van der Waals surface area contributed by atoms with Gasteiger partial charge in [-0.15, -0.1) is 0 Å². The average Bonchev–Trinajstić information content (AvgIpc) is 2.28. The van der Waals surface area contributed by atoms with Gasteiger partial charge >= 0.3 is 0 Å². The van der Waals surface area contributed by atoms with E-state index in [4.69, 9.17) is 9.47 Å². The highest BCUT2D eigenvalue weighted by atomic mass is 19.1. The highest BCUT2D eigenvalue weighted by molar-refractivity contribution is 5.99. The lowest BCUT2D eigenvalue weighted by molar-refractivity contribution is 0.0253. The molecular formula is C12H14F2O3. The third-order valence-electron chi connectivity index (χ3n) is 2.22. The summed E-state index contributed by atoms with van der Waals surface area (Å²) < 4.78 is 35.9. The number of methoxy groups -OCH3 is 1. The Bertz CT molecular complexity index is 393. The lowest BCUT2D eigenvalue weighted by Gasteiger charge is -2.12. The van der Waals surface area contributed by atoms with Crippen LogP contribution in [0.5, 0.6) is 0 Å². The lowest BCUT2D eigenvalue weighted by atomic mass is 10.1. The van der Waals surface area contributed by atoms with Crippen LogP contribution in [0.3, 0.4) is 0 Å². The molecular weight excluding hydrogens is 230 g/mol. The van der Waals surface area contributed by atoms with Crippen LogP contribution in [0.15, 0.2) is 18.2 Å². The van der Waals surface area contributed by atoms with E-state index in [9.17, 15) is 13.6 Å². The van der Waals surface area contributed by atoms with Crippen molar-refractivity contribution in [3.05, 3.63) is 35.4 Å². The summed E-state index contributed by atoms with van der Waals surface area (Å²) in [7, 11) is 1.51. The van der Waals surface area contributed by atoms with E-state index in [2.05, 4.69) is 0 Å². The van der Waals surface area contributed by atoms with Crippen molar-refractivity contribution in [3.8, 4) is 0 Å². The standard InChI is InChI=1S/C12H14F2O3/c1-8(17-6-5-16-2)12(15)10-4-3-9(13)7-11(10)14/h3-4,7-8H,5-6H2,1-2H3. The van der Waals surface area contributed by atoms with Gasteiger partial charge in [-0.1, -0.05) is 0 Å². The number of carbonyl (C=O) groups is 1. The molecule has 0 aliphatic carbocycles. The monoisotopic (exact) mass is 244 g/mol. The minimum atomic E-state index is -0.878. The molecule has 0 heterocycles. The summed E-state index contributed by atoms with van der Waals surface area (Å²) in [6.45, 7) is 2.11. The fraction of sp³-hybridized carbons (Fsp3) is 0.417. The molecule has 3 nitrogen and oxygen atoms in total. The van der Waals surface area contributed by atoms with Crippen LogP contribution in [0.1, 0.15) is 17.3 Å². The quantitative estimate of drug-likeness (QED) is 0.568. The lowest BCUT2D eigenvalue weighted by Crippen LogP contribution is -2.23. The Morgan fingerprint density at radius 3 is 2.65 bits per heavy atom. The van der Waals surface area contributed by atoms with Gasteiger partial charge in [0, 0.05) is 13.2 Å². The number of ketones is 1. The van der Waals surface area contributed by atoms with E-state index < -0.39 is 23.5 Å². The van der Waals surface area contributed by atoms with Gasteiger partial charge in [-0.25, -0.2) is 8.78 Å². The second-order valence-corrected chi connectivity index (χ2v) is 3.49. The Balaban J connectivity index is 2.68. The fourth-order valence-corrected chi connectivity index (χ4v) is 1.29. The predicted octanol–water partition coefficient (Wildman–Crippen LogP) is 2.20. The Morgan fingerprint density at radius 1 is 1.35 bits per heavy atom. The van der Waals surface area contributed by atoms with Crippen molar-refractivity contribution in [2.24, 2.45) is 0 Å². The average molecular weight is 244 g/mol. The van der Waals surface area contributed by atoms with Crippen molar-refractivity contribution in [1.29, 1.82) is 0 Å². The minimum absolute atomic E-state index is 0.170. The van der Waals surface area contributed by atoms with Crippen molar-refractivity contribution >= 4 is 5.78 Å². The van der Waals surface area contributed by atoms with Gasteiger partial charge in [0.15, 0.2) is 5.78 Å². The first-order valence-electron chi connectivity index (χ1n) is 5.16. The van der Waals surface area contributed by atoms with Crippen LogP contribution in [0.2, 0.25) is 0 Å². The number of benzene rings is 1. The SMILES string of the molecule is COCCOC(C)C(=O)c1ccc(F)cc1F. The maximum absolute atomic E-state index is 13.3. The van der Waals surface area contributed by atoms with Gasteiger partial charge in [-0.05, 0) is 19.1 Å². The van der Waals surface area contributed by atoms with Gasteiger partial charge < -0.3 is 9.47 Å². The Morgan fingerprint density at radius 2 is 2.06 bits per heavy atom. The van der Waals surface area contributed by atoms with Gasteiger partial charge in [-0.3, -0.25) is 4.79 Å². The molecule has 0 amide bonds. The molecule has 0 aromatic heterocycles. The zero-order chi connectivity index (χ0) is 12.8. The van der Waals surface area contributed by atoms with Crippen molar-refractivity contribution < 1.29 is 23.0 Å². The normalized spacial score (nSPS) is 12.5. The molecule has 17 heavy (non-hydrogen) atoms. The number of hydrogen-bond donors (Lipinski definition) is 0. The summed E-state index contributed by atoms with van der Waals surface area (Å²) in [6, 6.07) is 2.83. The van der Waals surface area contributed by atoms with Crippen LogP contribution < -0.4 is 0 Å². The largest absolute Gasteiger partial charge is 0.382 e. The molecule has 0 spiro atoms. The Kier molecular flexibility index (Phi) is 5.18. The zero-order valence-corrected chi connectivity index (χ0v) is 9.70. The summed E-state index contributed by atoms with van der Waals surface area (Å²) in [4.78, 5) is 11.7. The number of Topliss-reactive ketones (excluding diaryl/α,β-unsaturated/α-hetero) is 1. The molecule has 1 unspecified atom stereocenters. The molecule has 1 atom stereocenters. The number of hydrogen-bond acceptors (Lipinski definition) is 3. The van der Waals surface area contributed by atoms with E-state index in [1.807, 2.05) is 0 Å². The van der Waals surface area contributed by atoms with Gasteiger partial charge in [0.1, 0.15) is 17.7 Å². The summed E-state index contributed by atoms with van der Waals surface area (Å²) in [5.41, 5.74) is -0.170. The Hall–Kier alpha value is -1.33.